The molecule has 0 aromatic heterocycles. The molecular weight excluding hydrogens is 629 g/mol. The van der Waals surface area contributed by atoms with Gasteiger partial charge in [-0.1, -0.05) is 122 Å². The molecule has 0 spiro atoms. The molecule has 7 rings (SSSR count). The highest BCUT2D eigenvalue weighted by Gasteiger charge is 2.26. The standard InChI is InChI=1S/C50H52N2/c1-7-9-11-39-21-31-45-47(33-39)49(51(41-23-13-35(3)14-24-41)42-25-15-36(4)16-26-42)46-32-22-40(12-10-8-2)34-48(46)50(45)52(43-27-17-37(5)18-28-43)44-29-19-38(6)20-30-44/h13-34H,7-12H2,1-6H3. The van der Waals surface area contributed by atoms with Crippen LogP contribution < -0.4 is 9.80 Å². The first-order valence-electron chi connectivity index (χ1n) is 19.2. The number of hydrogen-bond acceptors (Lipinski definition) is 2. The van der Waals surface area contributed by atoms with Gasteiger partial charge in [-0.25, -0.2) is 0 Å². The molecule has 0 saturated carbocycles. The van der Waals surface area contributed by atoms with E-state index in [0.717, 1.165) is 35.6 Å². The zero-order valence-electron chi connectivity index (χ0n) is 31.8. The number of nitrogens with zero attached hydrogens (tertiary/aromatic N) is 2. The second-order valence-electron chi connectivity index (χ2n) is 14.7. The summed E-state index contributed by atoms with van der Waals surface area (Å²) in [6.45, 7) is 13.2. The third-order valence-corrected chi connectivity index (χ3v) is 10.4. The van der Waals surface area contributed by atoms with Crippen LogP contribution in [0.1, 0.15) is 72.9 Å². The Kier molecular flexibility index (Phi) is 10.5. The van der Waals surface area contributed by atoms with Crippen molar-refractivity contribution in [3.8, 4) is 0 Å². The van der Waals surface area contributed by atoms with E-state index < -0.39 is 0 Å². The highest BCUT2D eigenvalue weighted by molar-refractivity contribution is 6.23. The quantitative estimate of drug-likeness (QED) is 0.0936. The van der Waals surface area contributed by atoms with E-state index in [1.165, 1.54) is 92.0 Å². The van der Waals surface area contributed by atoms with Crippen LogP contribution in [0.4, 0.5) is 34.1 Å². The maximum Gasteiger partial charge on any atom is 0.0620 e. The minimum Gasteiger partial charge on any atom is -0.309 e. The lowest BCUT2D eigenvalue weighted by molar-refractivity contribution is 0.796. The number of rotatable bonds is 12. The first-order chi connectivity index (χ1) is 25.3. The molecule has 0 fully saturated rings. The maximum absolute atomic E-state index is 2.50. The summed E-state index contributed by atoms with van der Waals surface area (Å²) in [5.41, 5.74) is 14.9. The van der Waals surface area contributed by atoms with Crippen LogP contribution in [0, 0.1) is 27.7 Å². The average Bonchev–Trinajstić information content (AvgIpc) is 3.16. The van der Waals surface area contributed by atoms with Crippen molar-refractivity contribution in [3.05, 3.63) is 167 Å². The molecule has 52 heavy (non-hydrogen) atoms. The van der Waals surface area contributed by atoms with Crippen LogP contribution in [0.25, 0.3) is 21.5 Å². The van der Waals surface area contributed by atoms with Gasteiger partial charge in [0.25, 0.3) is 0 Å². The Labute approximate surface area is 311 Å². The lowest BCUT2D eigenvalue weighted by Gasteiger charge is -2.33. The monoisotopic (exact) mass is 680 g/mol. The van der Waals surface area contributed by atoms with Crippen molar-refractivity contribution < 1.29 is 0 Å². The molecule has 0 saturated heterocycles. The van der Waals surface area contributed by atoms with E-state index in [-0.39, 0.29) is 0 Å². The molecule has 0 N–H and O–H groups in total. The fourth-order valence-corrected chi connectivity index (χ4v) is 7.42. The molecule has 2 heteroatoms. The van der Waals surface area contributed by atoms with Crippen LogP contribution in [0.5, 0.6) is 0 Å². The summed E-state index contributed by atoms with van der Waals surface area (Å²) in [7, 11) is 0. The molecule has 0 aliphatic carbocycles. The molecule has 0 amide bonds. The summed E-state index contributed by atoms with van der Waals surface area (Å²) >= 11 is 0. The van der Waals surface area contributed by atoms with Crippen LogP contribution in [0.15, 0.2) is 133 Å². The van der Waals surface area contributed by atoms with Gasteiger partial charge < -0.3 is 9.80 Å². The zero-order valence-corrected chi connectivity index (χ0v) is 31.8. The zero-order chi connectivity index (χ0) is 36.2. The molecule has 0 unspecified atom stereocenters. The fraction of sp³-hybridized carbons (Fsp3) is 0.240. The Bertz CT molecular complexity index is 2020. The van der Waals surface area contributed by atoms with Gasteiger partial charge in [0.05, 0.1) is 11.4 Å². The highest BCUT2D eigenvalue weighted by Crippen LogP contribution is 2.51. The lowest BCUT2D eigenvalue weighted by Crippen LogP contribution is -2.15. The molecule has 2 nitrogen and oxygen atoms in total. The van der Waals surface area contributed by atoms with E-state index in [1.54, 1.807) is 0 Å². The topological polar surface area (TPSA) is 6.48 Å². The molecule has 0 heterocycles. The van der Waals surface area contributed by atoms with Gasteiger partial charge in [0.2, 0.25) is 0 Å². The Morgan fingerprint density at radius 3 is 0.904 bits per heavy atom. The number of benzene rings is 7. The van der Waals surface area contributed by atoms with Crippen LogP contribution in [-0.4, -0.2) is 0 Å². The minimum absolute atomic E-state index is 1.06. The third-order valence-electron chi connectivity index (χ3n) is 10.4. The van der Waals surface area contributed by atoms with E-state index in [2.05, 4.69) is 185 Å². The number of anilines is 6. The van der Waals surface area contributed by atoms with Crippen molar-refractivity contribution in [3.63, 3.8) is 0 Å². The lowest BCUT2D eigenvalue weighted by atomic mass is 9.91. The first-order valence-corrected chi connectivity index (χ1v) is 19.2. The molecule has 0 radical (unpaired) electrons. The van der Waals surface area contributed by atoms with Gasteiger partial charge in [0.15, 0.2) is 0 Å². The van der Waals surface area contributed by atoms with Gasteiger partial charge in [0, 0.05) is 44.3 Å². The Balaban J connectivity index is 1.65. The molecule has 0 aliphatic rings. The molecular formula is C50H52N2. The van der Waals surface area contributed by atoms with E-state index in [1.807, 2.05) is 0 Å². The maximum atomic E-state index is 2.50. The number of unbranched alkanes of at least 4 members (excludes halogenated alkanes) is 2. The number of fused-ring (bicyclic) bond motifs is 2. The largest absolute Gasteiger partial charge is 0.309 e. The molecule has 0 atom stereocenters. The molecule has 262 valence electrons. The minimum atomic E-state index is 1.06. The van der Waals surface area contributed by atoms with Gasteiger partial charge in [-0.05, 0) is 125 Å². The number of aryl methyl sites for hydroxylation is 6. The van der Waals surface area contributed by atoms with Crippen LogP contribution >= 0.6 is 0 Å². The van der Waals surface area contributed by atoms with Gasteiger partial charge in [-0.2, -0.15) is 0 Å². The van der Waals surface area contributed by atoms with Crippen molar-refractivity contribution in [2.75, 3.05) is 9.80 Å². The molecule has 7 aromatic rings. The normalized spacial score (nSPS) is 11.3. The molecule has 7 aromatic carbocycles. The van der Waals surface area contributed by atoms with Crippen molar-refractivity contribution >= 4 is 55.7 Å². The predicted molar refractivity (Wildman–Crippen MR) is 227 cm³/mol. The summed E-state index contributed by atoms with van der Waals surface area (Å²) in [5, 5.41) is 5.03. The average molecular weight is 681 g/mol. The number of hydrogen-bond donors (Lipinski definition) is 0. The predicted octanol–water partition coefficient (Wildman–Crippen LogP) is 14.9. The van der Waals surface area contributed by atoms with Crippen molar-refractivity contribution in [2.45, 2.75) is 80.1 Å². The molecule has 0 aliphatic heterocycles. The van der Waals surface area contributed by atoms with Crippen molar-refractivity contribution in [1.82, 2.24) is 0 Å². The Morgan fingerprint density at radius 1 is 0.346 bits per heavy atom. The van der Waals surface area contributed by atoms with Crippen LogP contribution in [0.2, 0.25) is 0 Å². The van der Waals surface area contributed by atoms with Crippen molar-refractivity contribution in [2.24, 2.45) is 0 Å². The first kappa shape index (κ1) is 35.1. The van der Waals surface area contributed by atoms with Gasteiger partial charge >= 0.3 is 0 Å². The van der Waals surface area contributed by atoms with E-state index in [4.69, 9.17) is 0 Å². The Hall–Kier alpha value is -5.34. The summed E-state index contributed by atoms with van der Waals surface area (Å²) in [6, 6.07) is 50.7. The van der Waals surface area contributed by atoms with Crippen LogP contribution in [-0.2, 0) is 12.8 Å². The van der Waals surface area contributed by atoms with Crippen LogP contribution in [0.3, 0.4) is 0 Å². The summed E-state index contributed by atoms with van der Waals surface area (Å²) in [6.07, 6.45) is 6.79. The van der Waals surface area contributed by atoms with Gasteiger partial charge in [-0.15, -0.1) is 0 Å². The van der Waals surface area contributed by atoms with E-state index in [9.17, 15) is 0 Å². The smallest absolute Gasteiger partial charge is 0.0620 e. The fourth-order valence-electron chi connectivity index (χ4n) is 7.42. The van der Waals surface area contributed by atoms with Gasteiger partial charge in [0.1, 0.15) is 0 Å². The third kappa shape index (κ3) is 7.21. The second-order valence-corrected chi connectivity index (χ2v) is 14.7. The highest BCUT2D eigenvalue weighted by atomic mass is 15.2. The Morgan fingerprint density at radius 2 is 0.635 bits per heavy atom. The summed E-state index contributed by atoms with van der Waals surface area (Å²) in [5.74, 6) is 0. The van der Waals surface area contributed by atoms with Crippen molar-refractivity contribution in [1.29, 1.82) is 0 Å². The molecule has 0 bridgehead atoms. The van der Waals surface area contributed by atoms with E-state index in [0.29, 0.717) is 0 Å². The van der Waals surface area contributed by atoms with E-state index >= 15 is 0 Å². The SMILES string of the molecule is CCCCc1ccc2c(N(c3ccc(C)cc3)c3ccc(C)cc3)c3cc(CCCC)ccc3c(N(c3ccc(C)cc3)c3ccc(C)cc3)c2c1. The summed E-state index contributed by atoms with van der Waals surface area (Å²) < 4.78 is 0. The van der Waals surface area contributed by atoms with Gasteiger partial charge in [-0.3, -0.25) is 0 Å². The second kappa shape index (κ2) is 15.5. The summed E-state index contributed by atoms with van der Waals surface area (Å²) in [4.78, 5) is 5.01.